The summed E-state index contributed by atoms with van der Waals surface area (Å²) < 4.78 is 10.5. The van der Waals surface area contributed by atoms with E-state index in [2.05, 4.69) is 10.9 Å². The standard InChI is InChI=1S/C8H16N2O3/c1-9-10-8(11)6-13-7-2-4-12-5-3-7/h7,9H,2-6H2,1H3,(H,10,11). The van der Waals surface area contributed by atoms with E-state index >= 15 is 0 Å². The predicted octanol–water partition coefficient (Wildman–Crippen LogP) is -0.567. The summed E-state index contributed by atoms with van der Waals surface area (Å²) in [4.78, 5) is 11.0. The Kier molecular flexibility index (Phi) is 4.74. The van der Waals surface area contributed by atoms with Crippen LogP contribution in [-0.2, 0) is 14.3 Å². The average Bonchev–Trinajstić information content (AvgIpc) is 2.17. The first-order valence-electron chi connectivity index (χ1n) is 4.48. The molecule has 76 valence electrons. The van der Waals surface area contributed by atoms with Crippen LogP contribution in [-0.4, -0.2) is 38.9 Å². The molecule has 0 aliphatic carbocycles. The van der Waals surface area contributed by atoms with Crippen molar-refractivity contribution in [1.82, 2.24) is 10.9 Å². The number of ether oxygens (including phenoxy) is 2. The van der Waals surface area contributed by atoms with E-state index < -0.39 is 0 Å². The first-order chi connectivity index (χ1) is 6.33. The Morgan fingerprint density at radius 3 is 2.85 bits per heavy atom. The summed E-state index contributed by atoms with van der Waals surface area (Å²) in [7, 11) is 1.65. The SMILES string of the molecule is CNNC(=O)COC1CCOCC1. The lowest BCUT2D eigenvalue weighted by Gasteiger charge is -2.21. The largest absolute Gasteiger partial charge is 0.381 e. The normalized spacial score (nSPS) is 18.5. The topological polar surface area (TPSA) is 59.6 Å². The van der Waals surface area contributed by atoms with Gasteiger partial charge in [-0.2, -0.15) is 0 Å². The molecule has 1 aliphatic rings. The minimum absolute atomic E-state index is 0.117. The molecule has 2 N–H and O–H groups in total. The fraction of sp³-hybridized carbons (Fsp3) is 0.875. The summed E-state index contributed by atoms with van der Waals surface area (Å²) in [5.74, 6) is -0.144. The summed E-state index contributed by atoms with van der Waals surface area (Å²) in [6.45, 7) is 1.59. The molecule has 13 heavy (non-hydrogen) atoms. The van der Waals surface area contributed by atoms with E-state index in [4.69, 9.17) is 9.47 Å². The molecule has 1 aliphatic heterocycles. The third kappa shape index (κ3) is 4.21. The molecule has 0 bridgehead atoms. The number of nitrogens with one attached hydrogen (secondary N) is 2. The van der Waals surface area contributed by atoms with Gasteiger partial charge in [0.05, 0.1) is 6.10 Å². The molecule has 1 amide bonds. The molecular weight excluding hydrogens is 172 g/mol. The van der Waals surface area contributed by atoms with Crippen molar-refractivity contribution in [2.75, 3.05) is 26.9 Å². The molecule has 0 spiro atoms. The Balaban J connectivity index is 2.06. The van der Waals surface area contributed by atoms with E-state index in [1.807, 2.05) is 0 Å². The second-order valence-corrected chi connectivity index (χ2v) is 2.92. The molecule has 0 atom stereocenters. The van der Waals surface area contributed by atoms with Crippen LogP contribution >= 0.6 is 0 Å². The molecule has 0 aromatic heterocycles. The van der Waals surface area contributed by atoms with Crippen molar-refractivity contribution in [1.29, 1.82) is 0 Å². The molecule has 1 heterocycles. The Morgan fingerprint density at radius 1 is 1.54 bits per heavy atom. The van der Waals surface area contributed by atoms with Crippen LogP contribution in [0.5, 0.6) is 0 Å². The van der Waals surface area contributed by atoms with Gasteiger partial charge in [0.2, 0.25) is 0 Å². The first kappa shape index (κ1) is 10.4. The van der Waals surface area contributed by atoms with Gasteiger partial charge >= 0.3 is 0 Å². The first-order valence-corrected chi connectivity index (χ1v) is 4.48. The van der Waals surface area contributed by atoms with Crippen LogP contribution in [0, 0.1) is 0 Å². The molecule has 1 saturated heterocycles. The zero-order valence-electron chi connectivity index (χ0n) is 7.84. The van der Waals surface area contributed by atoms with Crippen LogP contribution in [0.1, 0.15) is 12.8 Å². The second-order valence-electron chi connectivity index (χ2n) is 2.92. The van der Waals surface area contributed by atoms with Crippen molar-refractivity contribution in [3.63, 3.8) is 0 Å². The summed E-state index contributed by atoms with van der Waals surface area (Å²) in [6.07, 6.45) is 1.94. The van der Waals surface area contributed by atoms with Crippen molar-refractivity contribution in [2.45, 2.75) is 18.9 Å². The smallest absolute Gasteiger partial charge is 0.260 e. The number of hydrazine groups is 1. The van der Waals surface area contributed by atoms with Gasteiger partial charge in [-0.3, -0.25) is 10.2 Å². The van der Waals surface area contributed by atoms with Gasteiger partial charge in [-0.1, -0.05) is 0 Å². The highest BCUT2D eigenvalue weighted by Gasteiger charge is 2.14. The van der Waals surface area contributed by atoms with Gasteiger partial charge in [0.15, 0.2) is 0 Å². The lowest BCUT2D eigenvalue weighted by Crippen LogP contribution is -2.38. The Bertz CT molecular complexity index is 157. The van der Waals surface area contributed by atoms with Crippen LogP contribution in [0.4, 0.5) is 0 Å². The van der Waals surface area contributed by atoms with Gasteiger partial charge < -0.3 is 9.47 Å². The van der Waals surface area contributed by atoms with Gasteiger partial charge in [0.25, 0.3) is 5.91 Å². The van der Waals surface area contributed by atoms with Crippen LogP contribution in [0.25, 0.3) is 0 Å². The molecule has 0 aromatic carbocycles. The fourth-order valence-corrected chi connectivity index (χ4v) is 1.21. The van der Waals surface area contributed by atoms with E-state index in [0.717, 1.165) is 26.1 Å². The maximum absolute atomic E-state index is 11.0. The highest BCUT2D eigenvalue weighted by molar-refractivity contribution is 5.76. The summed E-state index contributed by atoms with van der Waals surface area (Å²) in [5.41, 5.74) is 4.99. The molecule has 1 rings (SSSR count). The Hall–Kier alpha value is -0.650. The second kappa shape index (κ2) is 5.90. The van der Waals surface area contributed by atoms with Crippen molar-refractivity contribution in [3.05, 3.63) is 0 Å². The minimum atomic E-state index is -0.144. The Morgan fingerprint density at radius 2 is 2.23 bits per heavy atom. The van der Waals surface area contributed by atoms with E-state index in [0.29, 0.717) is 0 Å². The zero-order chi connectivity index (χ0) is 9.52. The number of amides is 1. The Labute approximate surface area is 77.7 Å². The van der Waals surface area contributed by atoms with E-state index in [-0.39, 0.29) is 18.6 Å². The average molecular weight is 188 g/mol. The highest BCUT2D eigenvalue weighted by atomic mass is 16.5. The zero-order valence-corrected chi connectivity index (χ0v) is 7.84. The molecule has 0 unspecified atom stereocenters. The van der Waals surface area contributed by atoms with Crippen LogP contribution in [0.3, 0.4) is 0 Å². The number of hydrogen-bond donors (Lipinski definition) is 2. The number of rotatable bonds is 4. The fourth-order valence-electron chi connectivity index (χ4n) is 1.21. The monoisotopic (exact) mass is 188 g/mol. The van der Waals surface area contributed by atoms with Gasteiger partial charge in [-0.15, -0.1) is 0 Å². The van der Waals surface area contributed by atoms with Crippen molar-refractivity contribution in [3.8, 4) is 0 Å². The van der Waals surface area contributed by atoms with E-state index in [9.17, 15) is 4.79 Å². The molecule has 5 nitrogen and oxygen atoms in total. The third-order valence-corrected chi connectivity index (χ3v) is 1.88. The minimum Gasteiger partial charge on any atom is -0.381 e. The third-order valence-electron chi connectivity index (χ3n) is 1.88. The van der Waals surface area contributed by atoms with E-state index in [1.54, 1.807) is 7.05 Å². The predicted molar refractivity (Wildman–Crippen MR) is 47.0 cm³/mol. The molecular formula is C8H16N2O3. The summed E-state index contributed by atoms with van der Waals surface area (Å²) in [5, 5.41) is 0. The molecule has 0 aromatic rings. The molecule has 5 heteroatoms. The molecule has 0 saturated carbocycles. The number of carbonyl (C=O) groups is 1. The van der Waals surface area contributed by atoms with Crippen LogP contribution in [0.2, 0.25) is 0 Å². The van der Waals surface area contributed by atoms with E-state index in [1.165, 1.54) is 0 Å². The molecule has 1 fully saturated rings. The van der Waals surface area contributed by atoms with Crippen LogP contribution < -0.4 is 10.9 Å². The lowest BCUT2D eigenvalue weighted by molar-refractivity contribution is -0.130. The maximum Gasteiger partial charge on any atom is 0.260 e. The summed E-state index contributed by atoms with van der Waals surface area (Å²) >= 11 is 0. The van der Waals surface area contributed by atoms with Crippen LogP contribution in [0.15, 0.2) is 0 Å². The number of hydrogen-bond acceptors (Lipinski definition) is 4. The van der Waals surface area contributed by atoms with Gasteiger partial charge in [0.1, 0.15) is 6.61 Å². The van der Waals surface area contributed by atoms with Gasteiger partial charge in [-0.05, 0) is 12.8 Å². The van der Waals surface area contributed by atoms with Gasteiger partial charge in [0, 0.05) is 20.3 Å². The quantitative estimate of drug-likeness (QED) is 0.580. The number of carbonyl (C=O) groups excluding carboxylic acids is 1. The van der Waals surface area contributed by atoms with Crippen molar-refractivity contribution >= 4 is 5.91 Å². The lowest BCUT2D eigenvalue weighted by atomic mass is 10.2. The summed E-state index contributed by atoms with van der Waals surface area (Å²) in [6, 6.07) is 0. The van der Waals surface area contributed by atoms with Crippen molar-refractivity contribution in [2.24, 2.45) is 0 Å². The van der Waals surface area contributed by atoms with Gasteiger partial charge in [-0.25, -0.2) is 5.43 Å². The maximum atomic E-state index is 11.0. The molecule has 0 radical (unpaired) electrons. The highest BCUT2D eigenvalue weighted by Crippen LogP contribution is 2.09. The van der Waals surface area contributed by atoms with Crippen molar-refractivity contribution < 1.29 is 14.3 Å².